The molecule has 1 aromatic rings. The summed E-state index contributed by atoms with van der Waals surface area (Å²) in [6.45, 7) is 3.28. The minimum atomic E-state index is -3.20. The Balaban J connectivity index is 1.93. The van der Waals surface area contributed by atoms with Gasteiger partial charge in [-0.1, -0.05) is 31.2 Å². The molecule has 2 rings (SSSR count). The molecule has 1 aliphatic carbocycles. The molecule has 0 unspecified atom stereocenters. The van der Waals surface area contributed by atoms with E-state index in [9.17, 15) is 8.42 Å². The minimum Gasteiger partial charge on any atom is -0.310 e. The normalized spacial score (nSPS) is 15.6. The summed E-state index contributed by atoms with van der Waals surface area (Å²) in [6, 6.07) is 8.46. The van der Waals surface area contributed by atoms with Gasteiger partial charge in [0.05, 0.1) is 5.75 Å². The maximum Gasteiger partial charge on any atom is 0.215 e. The smallest absolute Gasteiger partial charge is 0.215 e. The molecule has 0 saturated heterocycles. The van der Waals surface area contributed by atoms with Crippen LogP contribution in [0.15, 0.2) is 24.3 Å². The predicted octanol–water partition coefficient (Wildman–Crippen LogP) is 1.77. The third-order valence-corrected chi connectivity index (χ3v) is 4.45. The van der Waals surface area contributed by atoms with Crippen LogP contribution in [0.2, 0.25) is 0 Å². The Labute approximate surface area is 115 Å². The van der Waals surface area contributed by atoms with Crippen LogP contribution in [0.25, 0.3) is 0 Å². The lowest BCUT2D eigenvalue weighted by Crippen LogP contribution is -2.25. The summed E-state index contributed by atoms with van der Waals surface area (Å²) in [5.74, 6) is 0.0598. The minimum absolute atomic E-state index is 0.0598. The molecule has 19 heavy (non-hydrogen) atoms. The van der Waals surface area contributed by atoms with Gasteiger partial charge in [0.25, 0.3) is 0 Å². The molecule has 0 radical (unpaired) electrons. The summed E-state index contributed by atoms with van der Waals surface area (Å²) >= 11 is 0. The highest BCUT2D eigenvalue weighted by Gasteiger charge is 2.20. The number of hydrogen-bond donors (Lipinski definition) is 2. The van der Waals surface area contributed by atoms with Gasteiger partial charge >= 0.3 is 0 Å². The van der Waals surface area contributed by atoms with Gasteiger partial charge in [-0.2, -0.15) is 0 Å². The van der Waals surface area contributed by atoms with E-state index in [4.69, 9.17) is 0 Å². The second-order valence-electron chi connectivity index (χ2n) is 5.13. The van der Waals surface area contributed by atoms with Crippen molar-refractivity contribution in [3.63, 3.8) is 0 Å². The summed E-state index contributed by atoms with van der Waals surface area (Å²) in [5, 5.41) is 3.43. The molecule has 0 spiro atoms. The van der Waals surface area contributed by atoms with Gasteiger partial charge < -0.3 is 5.32 Å². The van der Waals surface area contributed by atoms with Crippen molar-refractivity contribution in [2.75, 3.05) is 6.54 Å². The largest absolute Gasteiger partial charge is 0.310 e. The van der Waals surface area contributed by atoms with Gasteiger partial charge in [0.15, 0.2) is 0 Å². The molecule has 1 aliphatic rings. The highest BCUT2D eigenvalue weighted by molar-refractivity contribution is 7.88. The van der Waals surface area contributed by atoms with Crippen molar-refractivity contribution in [2.45, 2.75) is 44.5 Å². The van der Waals surface area contributed by atoms with Crippen molar-refractivity contribution in [3.05, 3.63) is 35.4 Å². The molecule has 4 nitrogen and oxygen atoms in total. The van der Waals surface area contributed by atoms with Crippen LogP contribution in [0, 0.1) is 0 Å². The number of nitrogens with one attached hydrogen (secondary N) is 2. The van der Waals surface area contributed by atoms with E-state index in [0.29, 0.717) is 12.6 Å². The van der Waals surface area contributed by atoms with Crippen molar-refractivity contribution in [1.29, 1.82) is 0 Å². The van der Waals surface area contributed by atoms with Crippen molar-refractivity contribution in [2.24, 2.45) is 0 Å². The molecule has 1 aromatic carbocycles. The van der Waals surface area contributed by atoms with Gasteiger partial charge in [0, 0.05) is 19.1 Å². The molecule has 5 heteroatoms. The second kappa shape index (κ2) is 6.50. The van der Waals surface area contributed by atoms with Gasteiger partial charge in [0.1, 0.15) is 0 Å². The second-order valence-corrected chi connectivity index (χ2v) is 6.94. The van der Waals surface area contributed by atoms with Gasteiger partial charge in [-0.05, 0) is 30.4 Å². The average molecular weight is 282 g/mol. The molecular formula is C14H22N2O2S. The Kier molecular flexibility index (Phi) is 4.96. The summed E-state index contributed by atoms with van der Waals surface area (Å²) in [6.07, 6.45) is 3.33. The maximum absolute atomic E-state index is 11.8. The molecule has 2 N–H and O–H groups in total. The lowest BCUT2D eigenvalue weighted by Gasteiger charge is -2.08. The van der Waals surface area contributed by atoms with E-state index in [2.05, 4.69) is 10.0 Å². The molecule has 1 saturated carbocycles. The number of sulfonamides is 1. The predicted molar refractivity (Wildman–Crippen MR) is 77.2 cm³/mol. The van der Waals surface area contributed by atoms with Crippen molar-refractivity contribution in [1.82, 2.24) is 10.0 Å². The van der Waals surface area contributed by atoms with E-state index in [-0.39, 0.29) is 5.75 Å². The van der Waals surface area contributed by atoms with Crippen LogP contribution in [0.4, 0.5) is 0 Å². The van der Waals surface area contributed by atoms with Crippen LogP contribution < -0.4 is 10.0 Å². The van der Waals surface area contributed by atoms with Crippen LogP contribution in [-0.4, -0.2) is 21.0 Å². The summed E-state index contributed by atoms with van der Waals surface area (Å²) in [4.78, 5) is 0. The van der Waals surface area contributed by atoms with E-state index in [0.717, 1.165) is 24.1 Å². The molecule has 0 bridgehead atoms. The summed E-state index contributed by atoms with van der Waals surface area (Å²) in [7, 11) is -3.20. The molecule has 0 aromatic heterocycles. The molecule has 0 aliphatic heterocycles. The van der Waals surface area contributed by atoms with Crippen molar-refractivity contribution >= 4 is 10.0 Å². The molecule has 0 atom stereocenters. The van der Waals surface area contributed by atoms with Crippen LogP contribution in [0.5, 0.6) is 0 Å². The fourth-order valence-electron chi connectivity index (χ4n) is 1.91. The highest BCUT2D eigenvalue weighted by atomic mass is 32.2. The van der Waals surface area contributed by atoms with Gasteiger partial charge in [0.2, 0.25) is 10.0 Å². The maximum atomic E-state index is 11.8. The standard InChI is InChI=1S/C14H22N2O2S/c1-2-8-16-19(17,18)11-13-5-3-4-12(9-13)10-15-14-6-7-14/h3-5,9,14-16H,2,6-8,10-11H2,1H3. The third-order valence-electron chi connectivity index (χ3n) is 3.09. The summed E-state index contributed by atoms with van der Waals surface area (Å²) < 4.78 is 26.2. The Bertz CT molecular complexity index is 510. The van der Waals surface area contributed by atoms with E-state index < -0.39 is 10.0 Å². The molecule has 0 amide bonds. The zero-order valence-electron chi connectivity index (χ0n) is 11.4. The first kappa shape index (κ1) is 14.5. The first-order valence-electron chi connectivity index (χ1n) is 6.87. The van der Waals surface area contributed by atoms with Gasteiger partial charge in [-0.25, -0.2) is 13.1 Å². The van der Waals surface area contributed by atoms with E-state index >= 15 is 0 Å². The average Bonchev–Trinajstić information content (AvgIpc) is 3.18. The first-order chi connectivity index (χ1) is 9.09. The van der Waals surface area contributed by atoms with Crippen molar-refractivity contribution in [3.8, 4) is 0 Å². The van der Waals surface area contributed by atoms with Crippen LogP contribution in [-0.2, 0) is 22.3 Å². The Morgan fingerprint density at radius 1 is 1.26 bits per heavy atom. The molecular weight excluding hydrogens is 260 g/mol. The third kappa shape index (κ3) is 5.30. The lowest BCUT2D eigenvalue weighted by molar-refractivity contribution is 0.580. The van der Waals surface area contributed by atoms with Crippen LogP contribution >= 0.6 is 0 Å². The first-order valence-corrected chi connectivity index (χ1v) is 8.53. The number of benzene rings is 1. The molecule has 0 heterocycles. The highest BCUT2D eigenvalue weighted by Crippen LogP contribution is 2.19. The Morgan fingerprint density at radius 2 is 2.00 bits per heavy atom. The van der Waals surface area contributed by atoms with E-state index in [1.54, 1.807) is 0 Å². The van der Waals surface area contributed by atoms with Crippen LogP contribution in [0.3, 0.4) is 0 Å². The SMILES string of the molecule is CCCNS(=O)(=O)Cc1cccc(CNC2CC2)c1. The quantitative estimate of drug-likeness (QED) is 0.764. The fourth-order valence-corrected chi connectivity index (χ4v) is 3.14. The topological polar surface area (TPSA) is 58.2 Å². The Hall–Kier alpha value is -0.910. The molecule has 106 valence electrons. The van der Waals surface area contributed by atoms with E-state index in [1.807, 2.05) is 31.2 Å². The Morgan fingerprint density at radius 3 is 2.68 bits per heavy atom. The van der Waals surface area contributed by atoms with Crippen molar-refractivity contribution < 1.29 is 8.42 Å². The zero-order chi connectivity index (χ0) is 13.7. The number of hydrogen-bond acceptors (Lipinski definition) is 3. The zero-order valence-corrected chi connectivity index (χ0v) is 12.2. The lowest BCUT2D eigenvalue weighted by atomic mass is 10.1. The fraction of sp³-hybridized carbons (Fsp3) is 0.571. The van der Waals surface area contributed by atoms with E-state index in [1.165, 1.54) is 12.8 Å². The summed E-state index contributed by atoms with van der Waals surface area (Å²) in [5.41, 5.74) is 1.99. The molecule has 1 fully saturated rings. The van der Waals surface area contributed by atoms with Gasteiger partial charge in [-0.15, -0.1) is 0 Å². The number of rotatable bonds is 8. The van der Waals surface area contributed by atoms with Crippen LogP contribution in [0.1, 0.15) is 37.3 Å². The monoisotopic (exact) mass is 282 g/mol. The van der Waals surface area contributed by atoms with Gasteiger partial charge in [-0.3, -0.25) is 0 Å².